The predicted octanol–water partition coefficient (Wildman–Crippen LogP) is 6.32. The van der Waals surface area contributed by atoms with Crippen molar-refractivity contribution in [1.82, 2.24) is 29.4 Å². The molecule has 4 atom stereocenters. The lowest BCUT2D eigenvalue weighted by Crippen LogP contribution is -2.50. The number of anilines is 2. The van der Waals surface area contributed by atoms with Crippen molar-refractivity contribution in [1.29, 1.82) is 0 Å². The molecule has 0 spiro atoms. The number of nitrogens with zero attached hydrogens (tertiary/aromatic N) is 4. The van der Waals surface area contributed by atoms with E-state index in [9.17, 15) is 34.5 Å². The number of amides is 4. The van der Waals surface area contributed by atoms with Gasteiger partial charge in [-0.1, -0.05) is 43.2 Å². The highest BCUT2D eigenvalue weighted by Gasteiger charge is 2.37. The minimum atomic E-state index is -1.33. The van der Waals surface area contributed by atoms with Gasteiger partial charge in [-0.25, -0.2) is 18.7 Å². The Morgan fingerprint density at radius 1 is 0.769 bits per heavy atom. The molecule has 1 aliphatic carbocycles. The summed E-state index contributed by atoms with van der Waals surface area (Å²) in [6.45, 7) is 2.82. The summed E-state index contributed by atoms with van der Waals surface area (Å²) in [5, 5.41) is 41.5. The van der Waals surface area contributed by atoms with Crippen molar-refractivity contribution >= 4 is 46.3 Å². The summed E-state index contributed by atoms with van der Waals surface area (Å²) < 4.78 is 33.3. The fraction of sp³-hybridized carbons (Fsp3) is 0.250. The maximum atomic E-state index is 15.1. The van der Waals surface area contributed by atoms with Crippen LogP contribution >= 0.6 is 0 Å². The molecule has 334 valence electrons. The van der Waals surface area contributed by atoms with Gasteiger partial charge >= 0.3 is 0 Å². The first-order valence-corrected chi connectivity index (χ1v) is 21.0. The van der Waals surface area contributed by atoms with Crippen LogP contribution in [0.5, 0.6) is 0 Å². The number of rotatable bonds is 13. The van der Waals surface area contributed by atoms with Crippen molar-refractivity contribution in [3.8, 4) is 11.1 Å². The van der Waals surface area contributed by atoms with E-state index in [1.54, 1.807) is 80.8 Å². The van der Waals surface area contributed by atoms with Crippen molar-refractivity contribution in [2.75, 3.05) is 17.2 Å². The molecule has 15 nitrogen and oxygen atoms in total. The van der Waals surface area contributed by atoms with Gasteiger partial charge in [-0.2, -0.15) is 0 Å². The lowest BCUT2D eigenvalue weighted by Gasteiger charge is -2.39. The first kappa shape index (κ1) is 44.3. The molecule has 4 unspecified atom stereocenters. The lowest BCUT2D eigenvalue weighted by atomic mass is 9.75. The number of fused-ring (bicyclic) bond motifs is 2. The molecule has 17 heteroatoms. The number of carbonyl (C=O) groups excluding carboxylic acids is 4. The molecule has 3 aromatic carbocycles. The zero-order valence-electron chi connectivity index (χ0n) is 35.3. The Labute approximate surface area is 371 Å². The van der Waals surface area contributed by atoms with E-state index in [0.717, 1.165) is 37.5 Å². The largest absolute Gasteiger partial charge is 0.394 e. The van der Waals surface area contributed by atoms with Gasteiger partial charge in [0.25, 0.3) is 23.6 Å². The predicted molar refractivity (Wildman–Crippen MR) is 237 cm³/mol. The summed E-state index contributed by atoms with van der Waals surface area (Å²) in [6, 6.07) is 21.3. The zero-order valence-corrected chi connectivity index (χ0v) is 35.3. The van der Waals surface area contributed by atoms with Gasteiger partial charge in [0.15, 0.2) is 0 Å². The number of carbonyl (C=O) groups is 4. The molecule has 0 aliphatic heterocycles. The van der Waals surface area contributed by atoms with E-state index < -0.39 is 59.6 Å². The minimum Gasteiger partial charge on any atom is -0.394 e. The van der Waals surface area contributed by atoms with Crippen LogP contribution in [0.15, 0.2) is 116 Å². The maximum Gasteiger partial charge on any atom is 0.274 e. The summed E-state index contributed by atoms with van der Waals surface area (Å²) >= 11 is 0. The SMILES string of the molecule is CC(C)(O)C1CCCCC1NC(=O)c1ccc(F)c(NC(=O)c2cnc3c(-c4ccc5ncc(C(=O)Nc6cc(C(=O)NC(c7ccccc7)C(O)CO)ccc6F)n5c4)cccn23)c1. The highest BCUT2D eigenvalue weighted by Crippen LogP contribution is 2.33. The molecule has 1 fully saturated rings. The van der Waals surface area contributed by atoms with Crippen molar-refractivity contribution in [3.63, 3.8) is 0 Å². The standard InChI is InChI=1S/C48H46F2N8O7/c1-48(2,65)32-12-6-7-13-35(32)53-44(61)28-14-17-33(49)36(21-28)54-46(63)38-24-52-43-31(11-8-20-57(38)43)30-16-19-41-51-23-39(58(41)25-30)47(64)55-37-22-29(15-18-34(37)50)45(62)56-42(40(60)26-59)27-9-4-3-5-10-27/h3-5,8-11,14-25,32,35,40,42,59-60,65H,6-7,12-13,26H2,1-2H3,(H,53,61)(H,54,63)(H,55,64)(H,56,62). The van der Waals surface area contributed by atoms with Crippen LogP contribution < -0.4 is 21.3 Å². The third-order valence-electron chi connectivity index (χ3n) is 11.8. The van der Waals surface area contributed by atoms with Crippen molar-refractivity contribution < 1.29 is 43.3 Å². The van der Waals surface area contributed by atoms with Crippen molar-refractivity contribution in [2.24, 2.45) is 5.92 Å². The summed E-state index contributed by atoms with van der Waals surface area (Å²) in [5.74, 6) is -4.30. The van der Waals surface area contributed by atoms with E-state index in [0.29, 0.717) is 34.4 Å². The minimum absolute atomic E-state index is 0.0215. The number of hydrogen-bond acceptors (Lipinski definition) is 9. The molecule has 8 rings (SSSR count). The summed E-state index contributed by atoms with van der Waals surface area (Å²) in [4.78, 5) is 62.9. The third kappa shape index (κ3) is 9.34. The number of nitrogens with one attached hydrogen (secondary N) is 4. The van der Waals surface area contributed by atoms with Crippen LogP contribution in [0.4, 0.5) is 20.2 Å². The van der Waals surface area contributed by atoms with Crippen LogP contribution in [0, 0.1) is 17.6 Å². The Morgan fingerprint density at radius 2 is 1.40 bits per heavy atom. The molecule has 7 aromatic rings. The van der Waals surface area contributed by atoms with Gasteiger partial charge in [-0.3, -0.25) is 28.0 Å². The number of aliphatic hydroxyl groups excluding tert-OH is 2. The molecule has 0 saturated heterocycles. The quantitative estimate of drug-likeness (QED) is 0.0690. The summed E-state index contributed by atoms with van der Waals surface area (Å²) in [7, 11) is 0. The first-order valence-electron chi connectivity index (χ1n) is 21.0. The molecule has 1 aliphatic rings. The molecule has 0 bridgehead atoms. The number of imidazole rings is 2. The van der Waals surface area contributed by atoms with Crippen LogP contribution in [-0.2, 0) is 0 Å². The molecule has 4 amide bonds. The number of aromatic nitrogens is 4. The molecule has 4 heterocycles. The van der Waals surface area contributed by atoms with E-state index in [4.69, 9.17) is 0 Å². The van der Waals surface area contributed by atoms with Crippen LogP contribution in [0.2, 0.25) is 0 Å². The zero-order chi connectivity index (χ0) is 46.0. The molecule has 65 heavy (non-hydrogen) atoms. The highest BCUT2D eigenvalue weighted by atomic mass is 19.1. The second kappa shape index (κ2) is 18.4. The van der Waals surface area contributed by atoms with E-state index >= 15 is 8.78 Å². The van der Waals surface area contributed by atoms with Crippen molar-refractivity contribution in [2.45, 2.75) is 63.3 Å². The van der Waals surface area contributed by atoms with Crippen LogP contribution in [0.25, 0.3) is 22.4 Å². The first-order chi connectivity index (χ1) is 31.2. The van der Waals surface area contributed by atoms with Gasteiger partial charge in [0.1, 0.15) is 40.4 Å². The molecule has 0 radical (unpaired) electrons. The van der Waals surface area contributed by atoms with Gasteiger partial charge in [-0.05, 0) is 92.9 Å². The number of halogens is 2. The van der Waals surface area contributed by atoms with Crippen molar-refractivity contribution in [3.05, 3.63) is 155 Å². The van der Waals surface area contributed by atoms with E-state index in [1.807, 2.05) is 0 Å². The number of pyridine rings is 2. The van der Waals surface area contributed by atoms with E-state index in [1.165, 1.54) is 39.4 Å². The van der Waals surface area contributed by atoms with E-state index in [2.05, 4.69) is 31.2 Å². The van der Waals surface area contributed by atoms with Crippen LogP contribution in [-0.4, -0.2) is 82.1 Å². The van der Waals surface area contributed by atoms with Gasteiger partial charge < -0.3 is 36.6 Å². The van der Waals surface area contributed by atoms with Crippen LogP contribution in [0.3, 0.4) is 0 Å². The molecule has 7 N–H and O–H groups in total. The Hall–Kier alpha value is -7.34. The number of benzene rings is 3. The Bertz CT molecular complexity index is 2930. The van der Waals surface area contributed by atoms with Gasteiger partial charge in [0, 0.05) is 46.6 Å². The molecule has 4 aromatic heterocycles. The van der Waals surface area contributed by atoms with Crippen LogP contribution in [0.1, 0.15) is 92.8 Å². The Morgan fingerprint density at radius 3 is 2.06 bits per heavy atom. The fourth-order valence-corrected chi connectivity index (χ4v) is 8.40. The van der Waals surface area contributed by atoms with Gasteiger partial charge in [0.2, 0.25) is 0 Å². The molecule has 1 saturated carbocycles. The molecular formula is C48H46F2N8O7. The topological polar surface area (TPSA) is 212 Å². The van der Waals surface area contributed by atoms with E-state index in [-0.39, 0.29) is 45.8 Å². The monoisotopic (exact) mass is 884 g/mol. The lowest BCUT2D eigenvalue weighted by molar-refractivity contribution is -0.0141. The Kier molecular flexibility index (Phi) is 12.5. The average Bonchev–Trinajstić information content (AvgIpc) is 3.94. The highest BCUT2D eigenvalue weighted by molar-refractivity contribution is 6.06. The average molecular weight is 885 g/mol. The summed E-state index contributed by atoms with van der Waals surface area (Å²) in [5.41, 5.74) is 1.08. The second-order valence-electron chi connectivity index (χ2n) is 16.6. The maximum absolute atomic E-state index is 15.1. The smallest absolute Gasteiger partial charge is 0.274 e. The molecular weight excluding hydrogens is 839 g/mol. The Balaban J connectivity index is 0.997. The number of aliphatic hydroxyl groups is 3. The fourth-order valence-electron chi connectivity index (χ4n) is 8.40. The number of hydrogen-bond donors (Lipinski definition) is 7. The van der Waals surface area contributed by atoms with Gasteiger partial charge in [-0.15, -0.1) is 0 Å². The second-order valence-corrected chi connectivity index (χ2v) is 16.6. The summed E-state index contributed by atoms with van der Waals surface area (Å²) in [6.07, 6.45) is 7.86. The normalized spacial score (nSPS) is 16.2. The third-order valence-corrected chi connectivity index (χ3v) is 11.8. The van der Waals surface area contributed by atoms with Gasteiger partial charge in [0.05, 0.1) is 42.0 Å².